The SMILES string of the molecule is C/C(O)=C(\C#N)c1nc(-c2c(F)cccc2Br)cs1. The topological polar surface area (TPSA) is 56.9 Å². The number of aromatic nitrogens is 1. The molecule has 1 aromatic heterocycles. The number of nitrogens with zero attached hydrogens (tertiary/aromatic N) is 2. The molecule has 0 aliphatic rings. The average molecular weight is 339 g/mol. The number of benzene rings is 1. The Balaban J connectivity index is 2.54. The second kappa shape index (κ2) is 5.51. The van der Waals surface area contributed by atoms with E-state index in [4.69, 9.17) is 5.26 Å². The van der Waals surface area contributed by atoms with Crippen LogP contribution in [0.4, 0.5) is 4.39 Å². The molecule has 0 atom stereocenters. The highest BCUT2D eigenvalue weighted by Gasteiger charge is 2.15. The van der Waals surface area contributed by atoms with E-state index in [0.29, 0.717) is 20.7 Å². The molecule has 0 amide bonds. The van der Waals surface area contributed by atoms with Crippen LogP contribution in [0.15, 0.2) is 33.8 Å². The van der Waals surface area contributed by atoms with Crippen LogP contribution in [0.25, 0.3) is 16.8 Å². The summed E-state index contributed by atoms with van der Waals surface area (Å²) in [7, 11) is 0. The van der Waals surface area contributed by atoms with Gasteiger partial charge in [-0.25, -0.2) is 9.37 Å². The van der Waals surface area contributed by atoms with Gasteiger partial charge in [0.05, 0.1) is 11.3 Å². The van der Waals surface area contributed by atoms with E-state index >= 15 is 0 Å². The first-order valence-corrected chi connectivity index (χ1v) is 6.92. The zero-order chi connectivity index (χ0) is 14.0. The summed E-state index contributed by atoms with van der Waals surface area (Å²) < 4.78 is 14.4. The Morgan fingerprint density at radius 1 is 1.53 bits per heavy atom. The summed E-state index contributed by atoms with van der Waals surface area (Å²) >= 11 is 4.46. The summed E-state index contributed by atoms with van der Waals surface area (Å²) in [6.07, 6.45) is 0. The summed E-state index contributed by atoms with van der Waals surface area (Å²) in [5.41, 5.74) is 0.876. The zero-order valence-corrected chi connectivity index (χ0v) is 12.2. The fourth-order valence-corrected chi connectivity index (χ4v) is 2.93. The van der Waals surface area contributed by atoms with E-state index in [1.54, 1.807) is 17.5 Å². The van der Waals surface area contributed by atoms with Gasteiger partial charge in [-0.3, -0.25) is 0 Å². The molecule has 96 valence electrons. The van der Waals surface area contributed by atoms with E-state index in [1.165, 1.54) is 24.3 Å². The Kier molecular flexibility index (Phi) is 3.98. The predicted molar refractivity (Wildman–Crippen MR) is 76.0 cm³/mol. The summed E-state index contributed by atoms with van der Waals surface area (Å²) in [4.78, 5) is 4.20. The molecule has 2 aromatic rings. The van der Waals surface area contributed by atoms with Crippen LogP contribution in [0.1, 0.15) is 11.9 Å². The average Bonchev–Trinajstić information content (AvgIpc) is 2.78. The minimum Gasteiger partial charge on any atom is -0.511 e. The third-order valence-corrected chi connectivity index (χ3v) is 3.93. The summed E-state index contributed by atoms with van der Waals surface area (Å²) in [5, 5.41) is 20.4. The number of halogens is 2. The number of rotatable bonds is 2. The van der Waals surface area contributed by atoms with E-state index in [-0.39, 0.29) is 11.3 Å². The van der Waals surface area contributed by atoms with Gasteiger partial charge in [-0.05, 0) is 35.0 Å². The first-order valence-electron chi connectivity index (χ1n) is 5.24. The molecule has 3 nitrogen and oxygen atoms in total. The third-order valence-electron chi connectivity index (χ3n) is 2.41. The van der Waals surface area contributed by atoms with Crippen molar-refractivity contribution in [1.82, 2.24) is 4.98 Å². The molecule has 0 saturated carbocycles. The molecule has 0 aliphatic carbocycles. The Morgan fingerprint density at radius 3 is 2.84 bits per heavy atom. The van der Waals surface area contributed by atoms with Gasteiger partial charge in [0.15, 0.2) is 0 Å². The number of hydrogen-bond donors (Lipinski definition) is 1. The van der Waals surface area contributed by atoms with Crippen molar-refractivity contribution in [2.75, 3.05) is 0 Å². The Morgan fingerprint density at radius 2 is 2.26 bits per heavy atom. The highest BCUT2D eigenvalue weighted by molar-refractivity contribution is 9.10. The normalized spacial score (nSPS) is 11.9. The van der Waals surface area contributed by atoms with Crippen LogP contribution in [0.2, 0.25) is 0 Å². The van der Waals surface area contributed by atoms with E-state index in [2.05, 4.69) is 20.9 Å². The van der Waals surface area contributed by atoms with Gasteiger partial charge >= 0.3 is 0 Å². The molecule has 1 N–H and O–H groups in total. The predicted octanol–water partition coefficient (Wildman–Crippen LogP) is 4.52. The molecule has 19 heavy (non-hydrogen) atoms. The molecule has 1 heterocycles. The van der Waals surface area contributed by atoms with Gasteiger partial charge in [0, 0.05) is 9.85 Å². The zero-order valence-electron chi connectivity index (χ0n) is 9.82. The molecular formula is C13H8BrFN2OS. The van der Waals surface area contributed by atoms with Crippen molar-refractivity contribution < 1.29 is 9.50 Å². The molecule has 0 unspecified atom stereocenters. The Hall–Kier alpha value is -1.71. The van der Waals surface area contributed by atoms with E-state index in [9.17, 15) is 9.50 Å². The maximum Gasteiger partial charge on any atom is 0.138 e. The van der Waals surface area contributed by atoms with Gasteiger partial charge in [-0.1, -0.05) is 6.07 Å². The van der Waals surface area contributed by atoms with Crippen LogP contribution < -0.4 is 0 Å². The second-order valence-electron chi connectivity index (χ2n) is 3.71. The molecule has 0 radical (unpaired) electrons. The van der Waals surface area contributed by atoms with Gasteiger partial charge in [-0.2, -0.15) is 5.26 Å². The molecule has 0 aliphatic heterocycles. The van der Waals surface area contributed by atoms with Crippen LogP contribution in [0.5, 0.6) is 0 Å². The van der Waals surface area contributed by atoms with Crippen LogP contribution >= 0.6 is 27.3 Å². The van der Waals surface area contributed by atoms with Crippen molar-refractivity contribution in [3.8, 4) is 17.3 Å². The van der Waals surface area contributed by atoms with Gasteiger partial charge in [0.25, 0.3) is 0 Å². The number of thiazole rings is 1. The number of hydrogen-bond acceptors (Lipinski definition) is 4. The molecule has 1 aromatic carbocycles. The first kappa shape index (κ1) is 13.7. The minimum atomic E-state index is -0.394. The van der Waals surface area contributed by atoms with E-state index in [1.807, 2.05) is 6.07 Å². The lowest BCUT2D eigenvalue weighted by atomic mass is 10.1. The number of aliphatic hydroxyl groups is 1. The summed E-state index contributed by atoms with van der Waals surface area (Å²) in [6, 6.07) is 6.54. The molecule has 0 saturated heterocycles. The van der Waals surface area contributed by atoms with Gasteiger partial charge < -0.3 is 5.11 Å². The lowest BCUT2D eigenvalue weighted by Crippen LogP contribution is -1.89. The number of nitriles is 1. The fourth-order valence-electron chi connectivity index (χ4n) is 1.53. The summed E-state index contributed by atoms with van der Waals surface area (Å²) in [6.45, 7) is 1.42. The Labute approximate surface area is 121 Å². The largest absolute Gasteiger partial charge is 0.511 e. The molecular weight excluding hydrogens is 331 g/mol. The van der Waals surface area contributed by atoms with E-state index in [0.717, 1.165) is 0 Å². The van der Waals surface area contributed by atoms with Crippen molar-refractivity contribution in [3.05, 3.63) is 44.6 Å². The quantitative estimate of drug-likeness (QED) is 0.646. The van der Waals surface area contributed by atoms with Crippen LogP contribution in [0.3, 0.4) is 0 Å². The van der Waals surface area contributed by atoms with Gasteiger partial charge in [-0.15, -0.1) is 11.3 Å². The van der Waals surface area contributed by atoms with Crippen molar-refractivity contribution in [2.24, 2.45) is 0 Å². The molecule has 0 spiro atoms. The molecule has 0 bridgehead atoms. The van der Waals surface area contributed by atoms with Crippen LogP contribution in [0, 0.1) is 17.1 Å². The second-order valence-corrected chi connectivity index (χ2v) is 5.42. The molecule has 2 rings (SSSR count). The van der Waals surface area contributed by atoms with Crippen molar-refractivity contribution in [1.29, 1.82) is 5.26 Å². The van der Waals surface area contributed by atoms with Gasteiger partial charge in [0.2, 0.25) is 0 Å². The number of aliphatic hydroxyl groups excluding tert-OH is 1. The Bertz CT molecular complexity index is 679. The highest BCUT2D eigenvalue weighted by atomic mass is 79.9. The fraction of sp³-hybridized carbons (Fsp3) is 0.0769. The summed E-state index contributed by atoms with van der Waals surface area (Å²) in [5.74, 6) is -0.495. The van der Waals surface area contributed by atoms with Crippen LogP contribution in [-0.4, -0.2) is 10.1 Å². The highest BCUT2D eigenvalue weighted by Crippen LogP contribution is 2.33. The molecule has 6 heteroatoms. The molecule has 0 fully saturated rings. The maximum atomic E-state index is 13.8. The van der Waals surface area contributed by atoms with Crippen molar-refractivity contribution in [3.63, 3.8) is 0 Å². The minimum absolute atomic E-state index is 0.101. The van der Waals surface area contributed by atoms with E-state index < -0.39 is 5.82 Å². The lowest BCUT2D eigenvalue weighted by Gasteiger charge is -2.02. The maximum absolute atomic E-state index is 13.8. The standard InChI is InChI=1S/C13H8BrFN2OS/c1-7(18)8(5-16)13-17-11(6-19-13)12-9(14)3-2-4-10(12)15/h2-4,6,18H,1H3/b8-7-. The first-order chi connectivity index (χ1) is 9.04. The monoisotopic (exact) mass is 338 g/mol. The third kappa shape index (κ3) is 2.67. The number of allylic oxidation sites excluding steroid dienone is 2. The lowest BCUT2D eigenvalue weighted by molar-refractivity contribution is 0.418. The van der Waals surface area contributed by atoms with Gasteiger partial charge in [0.1, 0.15) is 28.2 Å². The van der Waals surface area contributed by atoms with Crippen molar-refractivity contribution >= 4 is 32.8 Å². The smallest absolute Gasteiger partial charge is 0.138 e. The van der Waals surface area contributed by atoms with Crippen molar-refractivity contribution in [2.45, 2.75) is 6.92 Å². The van der Waals surface area contributed by atoms with Crippen LogP contribution in [-0.2, 0) is 0 Å².